The van der Waals surface area contributed by atoms with Gasteiger partial charge in [-0.3, -0.25) is 4.79 Å². The van der Waals surface area contributed by atoms with E-state index < -0.39 is 0 Å². The van der Waals surface area contributed by atoms with Gasteiger partial charge in [0.25, 0.3) is 0 Å². The van der Waals surface area contributed by atoms with Crippen LogP contribution in [0.15, 0.2) is 30.3 Å². The summed E-state index contributed by atoms with van der Waals surface area (Å²) in [6.45, 7) is 4.06. The van der Waals surface area contributed by atoms with Crippen LogP contribution in [0.4, 0.5) is 5.69 Å². The average Bonchev–Trinajstić information content (AvgIpc) is 3.46. The summed E-state index contributed by atoms with van der Waals surface area (Å²) < 4.78 is 5.42. The summed E-state index contributed by atoms with van der Waals surface area (Å²) >= 11 is 0. The van der Waals surface area contributed by atoms with Gasteiger partial charge in [0.1, 0.15) is 5.75 Å². The molecular weight excluding hydrogens is 414 g/mol. The summed E-state index contributed by atoms with van der Waals surface area (Å²) in [6.07, 6.45) is 7.57. The maximum absolute atomic E-state index is 13.1. The molecule has 2 aliphatic carbocycles. The lowest BCUT2D eigenvalue weighted by Gasteiger charge is -2.21. The van der Waals surface area contributed by atoms with Crippen molar-refractivity contribution in [2.45, 2.75) is 52.4 Å². The number of hydrogen-bond donors (Lipinski definition) is 2. The summed E-state index contributed by atoms with van der Waals surface area (Å²) in [4.78, 5) is 13.1. The number of aromatic amines is 1. The van der Waals surface area contributed by atoms with Crippen LogP contribution in [0.2, 0.25) is 0 Å². The molecule has 2 atom stereocenters. The molecule has 1 aromatic heterocycles. The SMILES string of the molecule is COc1ccc(-c2cc(C)c(NC(=O)C3CC3C3CCCCC3)cc2-c2nnn[nH]2)cc1C. The van der Waals surface area contributed by atoms with Crippen LogP contribution in [0.3, 0.4) is 0 Å². The highest BCUT2D eigenvalue weighted by Gasteiger charge is 2.47. The number of carbonyl (C=O) groups excluding carboxylic acids is 1. The number of amides is 1. The minimum absolute atomic E-state index is 0.142. The third-order valence-electron chi connectivity index (χ3n) is 7.36. The van der Waals surface area contributed by atoms with Crippen molar-refractivity contribution in [3.05, 3.63) is 41.5 Å². The number of methoxy groups -OCH3 is 1. The number of carbonyl (C=O) groups is 1. The van der Waals surface area contributed by atoms with Crippen molar-refractivity contribution in [1.29, 1.82) is 0 Å². The lowest BCUT2D eigenvalue weighted by molar-refractivity contribution is -0.117. The van der Waals surface area contributed by atoms with Gasteiger partial charge in [0, 0.05) is 17.2 Å². The number of rotatable bonds is 6. The molecule has 0 spiro atoms. The Morgan fingerprint density at radius 3 is 2.58 bits per heavy atom. The lowest BCUT2D eigenvalue weighted by Crippen LogP contribution is -2.18. The molecule has 2 saturated carbocycles. The quantitative estimate of drug-likeness (QED) is 0.536. The van der Waals surface area contributed by atoms with Crippen LogP contribution in [0.1, 0.15) is 49.7 Å². The van der Waals surface area contributed by atoms with Crippen molar-refractivity contribution >= 4 is 11.6 Å². The first-order valence-electron chi connectivity index (χ1n) is 11.9. The Balaban J connectivity index is 1.43. The van der Waals surface area contributed by atoms with Gasteiger partial charge in [-0.2, -0.15) is 0 Å². The zero-order valence-electron chi connectivity index (χ0n) is 19.5. The molecule has 1 heterocycles. The van der Waals surface area contributed by atoms with Crippen LogP contribution in [0, 0.1) is 31.6 Å². The van der Waals surface area contributed by atoms with Gasteiger partial charge in [0.2, 0.25) is 5.91 Å². The van der Waals surface area contributed by atoms with Crippen molar-refractivity contribution in [2.24, 2.45) is 17.8 Å². The predicted octanol–water partition coefficient (Wildman–Crippen LogP) is 5.31. The molecule has 7 heteroatoms. The number of benzene rings is 2. The molecule has 2 fully saturated rings. The zero-order valence-corrected chi connectivity index (χ0v) is 19.5. The molecule has 0 saturated heterocycles. The largest absolute Gasteiger partial charge is 0.496 e. The number of ether oxygens (including phenoxy) is 1. The Bertz CT molecular complexity index is 1150. The highest BCUT2D eigenvalue weighted by molar-refractivity contribution is 5.97. The Morgan fingerprint density at radius 2 is 1.88 bits per heavy atom. The number of anilines is 1. The van der Waals surface area contributed by atoms with Crippen molar-refractivity contribution in [3.63, 3.8) is 0 Å². The minimum atomic E-state index is 0.142. The van der Waals surface area contributed by atoms with Gasteiger partial charge in [-0.25, -0.2) is 5.10 Å². The zero-order chi connectivity index (χ0) is 22.9. The maximum Gasteiger partial charge on any atom is 0.227 e. The minimum Gasteiger partial charge on any atom is -0.496 e. The molecule has 0 radical (unpaired) electrons. The normalized spacial score (nSPS) is 20.5. The molecule has 1 amide bonds. The fourth-order valence-corrected chi connectivity index (χ4v) is 5.42. The van der Waals surface area contributed by atoms with Crippen molar-refractivity contribution in [1.82, 2.24) is 20.6 Å². The van der Waals surface area contributed by atoms with Crippen LogP contribution in [0.5, 0.6) is 5.75 Å². The molecule has 5 rings (SSSR count). The Morgan fingerprint density at radius 1 is 1.06 bits per heavy atom. The average molecular weight is 446 g/mol. The van der Waals surface area contributed by atoms with E-state index in [1.165, 1.54) is 32.1 Å². The first-order chi connectivity index (χ1) is 16.0. The summed E-state index contributed by atoms with van der Waals surface area (Å²) in [5, 5.41) is 17.8. The van der Waals surface area contributed by atoms with Crippen molar-refractivity contribution in [2.75, 3.05) is 12.4 Å². The lowest BCUT2D eigenvalue weighted by atomic mass is 9.85. The van der Waals surface area contributed by atoms with Crippen LogP contribution in [-0.4, -0.2) is 33.6 Å². The standard InChI is InChI=1S/C26H31N5O2/c1-15-12-19(18-9-10-24(33-3)16(2)11-18)21(25-28-30-31-29-25)14-23(15)27-26(32)22-13-20(22)17-7-5-4-6-8-17/h9-12,14,17,20,22H,4-8,13H2,1-3H3,(H,27,32)(H,28,29,30,31). The van der Waals surface area contributed by atoms with Crippen LogP contribution in [-0.2, 0) is 4.79 Å². The maximum atomic E-state index is 13.1. The van der Waals surface area contributed by atoms with E-state index in [1.54, 1.807) is 7.11 Å². The van der Waals surface area contributed by atoms with Gasteiger partial charge in [-0.05, 0) is 89.1 Å². The van der Waals surface area contributed by atoms with Gasteiger partial charge in [0.15, 0.2) is 5.82 Å². The van der Waals surface area contributed by atoms with Crippen LogP contribution >= 0.6 is 0 Å². The Kier molecular flexibility index (Phi) is 5.87. The molecule has 2 aromatic carbocycles. The topological polar surface area (TPSA) is 92.8 Å². The van der Waals surface area contributed by atoms with E-state index in [9.17, 15) is 4.79 Å². The third-order valence-corrected chi connectivity index (χ3v) is 7.36. The molecule has 2 unspecified atom stereocenters. The molecular formula is C26H31N5O2. The highest BCUT2D eigenvalue weighted by atomic mass is 16.5. The Labute approximate surface area is 194 Å². The van der Waals surface area contributed by atoms with E-state index in [-0.39, 0.29) is 11.8 Å². The van der Waals surface area contributed by atoms with Gasteiger partial charge in [-0.15, -0.1) is 5.10 Å². The number of aryl methyl sites for hydroxylation is 2. The highest BCUT2D eigenvalue weighted by Crippen LogP contribution is 2.50. The third kappa shape index (κ3) is 4.36. The number of H-pyrrole nitrogens is 1. The van der Waals surface area contributed by atoms with Gasteiger partial charge in [0.05, 0.1) is 7.11 Å². The number of hydrogen-bond acceptors (Lipinski definition) is 5. The second kappa shape index (κ2) is 8.96. The number of aromatic nitrogens is 4. The van der Waals surface area contributed by atoms with Gasteiger partial charge >= 0.3 is 0 Å². The summed E-state index contributed by atoms with van der Waals surface area (Å²) in [5.74, 6) is 2.99. The molecule has 2 aliphatic rings. The summed E-state index contributed by atoms with van der Waals surface area (Å²) in [5.41, 5.74) is 5.77. The van der Waals surface area contributed by atoms with Crippen molar-refractivity contribution < 1.29 is 9.53 Å². The molecule has 0 aliphatic heterocycles. The number of tetrazole rings is 1. The molecule has 33 heavy (non-hydrogen) atoms. The smallest absolute Gasteiger partial charge is 0.227 e. The molecule has 172 valence electrons. The van der Waals surface area contributed by atoms with E-state index >= 15 is 0 Å². The van der Waals surface area contributed by atoms with Crippen LogP contribution in [0.25, 0.3) is 22.5 Å². The molecule has 3 aromatic rings. The molecule has 7 nitrogen and oxygen atoms in total. The van der Waals surface area contributed by atoms with E-state index in [2.05, 4.69) is 38.1 Å². The monoisotopic (exact) mass is 445 g/mol. The van der Waals surface area contributed by atoms with E-state index in [0.717, 1.165) is 51.6 Å². The second-order valence-corrected chi connectivity index (χ2v) is 9.54. The second-order valence-electron chi connectivity index (χ2n) is 9.54. The number of nitrogens with one attached hydrogen (secondary N) is 2. The fourth-order valence-electron chi connectivity index (χ4n) is 5.42. The summed E-state index contributed by atoms with van der Waals surface area (Å²) in [7, 11) is 1.67. The van der Waals surface area contributed by atoms with Gasteiger partial charge < -0.3 is 10.1 Å². The molecule has 0 bridgehead atoms. The predicted molar refractivity (Wildman–Crippen MR) is 128 cm³/mol. The first kappa shape index (κ1) is 21.6. The fraction of sp³-hybridized carbons (Fsp3) is 0.462. The summed E-state index contributed by atoms with van der Waals surface area (Å²) in [6, 6.07) is 10.2. The van der Waals surface area contributed by atoms with Crippen molar-refractivity contribution in [3.8, 4) is 28.3 Å². The number of nitrogens with zero attached hydrogens (tertiary/aromatic N) is 3. The van der Waals surface area contributed by atoms with E-state index in [0.29, 0.717) is 11.7 Å². The van der Waals surface area contributed by atoms with E-state index in [1.807, 2.05) is 32.0 Å². The van der Waals surface area contributed by atoms with Gasteiger partial charge in [-0.1, -0.05) is 38.2 Å². The first-order valence-corrected chi connectivity index (χ1v) is 11.9. The van der Waals surface area contributed by atoms with Crippen LogP contribution < -0.4 is 10.1 Å². The molecule has 2 N–H and O–H groups in total. The van der Waals surface area contributed by atoms with E-state index in [4.69, 9.17) is 4.74 Å². The Hall–Kier alpha value is -3.22.